The molecular weight excluding hydrogens is 307 g/mol. The monoisotopic (exact) mass is 317 g/mol. The molecule has 9 heteroatoms. The first kappa shape index (κ1) is 15.4. The van der Waals surface area contributed by atoms with Crippen LogP contribution in [0, 0.1) is 0 Å². The van der Waals surface area contributed by atoms with Crippen molar-refractivity contribution in [1.29, 1.82) is 0 Å². The number of hydrogen-bond acceptors (Lipinski definition) is 5. The van der Waals surface area contributed by atoms with Gasteiger partial charge in [-0.05, 0) is 24.8 Å². The van der Waals surface area contributed by atoms with E-state index in [1.807, 2.05) is 0 Å². The molecule has 0 spiro atoms. The van der Waals surface area contributed by atoms with Crippen LogP contribution in [0.15, 0.2) is 29.2 Å². The Balaban J connectivity index is 2.44. The molecule has 0 atom stereocenters. The molecule has 1 aromatic carbocycles. The molecule has 0 fully saturated rings. The summed E-state index contributed by atoms with van der Waals surface area (Å²) in [5.74, 6) is -0.743. The second-order valence-corrected chi connectivity index (χ2v) is 4.89. The Hall–Kier alpha value is -2.03. The number of H-pyrrole nitrogens is 1. The molecule has 0 amide bonds. The van der Waals surface area contributed by atoms with Crippen molar-refractivity contribution >= 4 is 17.7 Å². The van der Waals surface area contributed by atoms with Crippen LogP contribution in [-0.4, -0.2) is 33.5 Å². The van der Waals surface area contributed by atoms with Gasteiger partial charge < -0.3 is 4.74 Å². The van der Waals surface area contributed by atoms with E-state index < -0.39 is 11.5 Å². The number of thioether (sulfide) groups is 1. The molecule has 1 heterocycles. The normalized spacial score (nSPS) is 11.4. The predicted molar refractivity (Wildman–Crippen MR) is 69.7 cm³/mol. The number of hydrogen-bond donors (Lipinski definition) is 1. The molecule has 0 radical (unpaired) electrons. The van der Waals surface area contributed by atoms with Crippen LogP contribution in [0.25, 0.3) is 11.3 Å². The third-order valence-electron chi connectivity index (χ3n) is 2.38. The van der Waals surface area contributed by atoms with E-state index >= 15 is 0 Å². The highest BCUT2D eigenvalue weighted by molar-refractivity contribution is 8.00. The van der Waals surface area contributed by atoms with Crippen LogP contribution in [0.3, 0.4) is 0 Å². The van der Waals surface area contributed by atoms with Gasteiger partial charge >= 0.3 is 11.5 Å². The number of halogens is 3. The minimum Gasteiger partial charge on any atom is -0.461 e. The van der Waals surface area contributed by atoms with Gasteiger partial charge in [0, 0.05) is 10.5 Å². The number of carbonyl (C=O) groups excluding carboxylic acids is 1. The van der Waals surface area contributed by atoms with E-state index in [1.54, 1.807) is 13.0 Å². The van der Waals surface area contributed by atoms with Crippen molar-refractivity contribution in [2.75, 3.05) is 6.61 Å². The number of alkyl halides is 3. The van der Waals surface area contributed by atoms with E-state index in [1.165, 1.54) is 18.2 Å². The van der Waals surface area contributed by atoms with Crippen LogP contribution in [0.1, 0.15) is 17.4 Å². The van der Waals surface area contributed by atoms with Gasteiger partial charge in [0.25, 0.3) is 0 Å². The number of rotatable bonds is 4. The lowest BCUT2D eigenvalue weighted by atomic mass is 10.1. The third-order valence-corrected chi connectivity index (χ3v) is 3.19. The molecule has 0 bridgehead atoms. The summed E-state index contributed by atoms with van der Waals surface area (Å²) in [5, 5.41) is 9.65. The van der Waals surface area contributed by atoms with Gasteiger partial charge in [0.05, 0.1) is 6.61 Å². The highest BCUT2D eigenvalue weighted by atomic mass is 32.2. The van der Waals surface area contributed by atoms with Gasteiger partial charge in [-0.2, -0.15) is 23.5 Å². The fraction of sp³-hybridized carbons (Fsp3) is 0.250. The molecule has 1 aromatic heterocycles. The lowest BCUT2D eigenvalue weighted by Gasteiger charge is -2.09. The summed E-state index contributed by atoms with van der Waals surface area (Å²) in [4.78, 5) is 11.7. The number of nitrogens with zero attached hydrogens (tertiary/aromatic N) is 2. The van der Waals surface area contributed by atoms with Crippen LogP contribution >= 0.6 is 11.8 Å². The number of esters is 1. The highest BCUT2D eigenvalue weighted by Gasteiger charge is 2.31. The maximum Gasteiger partial charge on any atom is 0.446 e. The number of aromatic amines is 1. The topological polar surface area (TPSA) is 67.9 Å². The first-order valence-corrected chi connectivity index (χ1v) is 6.67. The molecule has 2 aromatic rings. The van der Waals surface area contributed by atoms with Crippen molar-refractivity contribution in [1.82, 2.24) is 15.4 Å². The minimum atomic E-state index is -4.44. The number of carbonyl (C=O) groups is 1. The molecule has 0 unspecified atom stereocenters. The van der Waals surface area contributed by atoms with Crippen LogP contribution in [0.5, 0.6) is 0 Å². The number of benzene rings is 1. The Morgan fingerprint density at radius 1 is 1.33 bits per heavy atom. The van der Waals surface area contributed by atoms with Crippen LogP contribution in [-0.2, 0) is 4.74 Å². The lowest BCUT2D eigenvalue weighted by molar-refractivity contribution is -0.0328. The molecule has 0 saturated carbocycles. The lowest BCUT2D eigenvalue weighted by Crippen LogP contribution is -2.07. The Labute approximate surface area is 121 Å². The van der Waals surface area contributed by atoms with E-state index in [0.29, 0.717) is 0 Å². The van der Waals surface area contributed by atoms with Crippen molar-refractivity contribution in [3.63, 3.8) is 0 Å². The summed E-state index contributed by atoms with van der Waals surface area (Å²) in [5.41, 5.74) is -4.39. The number of aromatic nitrogens is 3. The average molecular weight is 317 g/mol. The molecule has 2 rings (SSSR count). The maximum absolute atomic E-state index is 12.6. The third kappa shape index (κ3) is 3.75. The molecule has 0 aliphatic rings. The number of ether oxygens (including phenoxy) is 1. The Morgan fingerprint density at radius 2 is 2.05 bits per heavy atom. The Bertz CT molecular complexity index is 643. The summed E-state index contributed by atoms with van der Waals surface area (Å²) in [6.07, 6.45) is 0. The zero-order chi connectivity index (χ0) is 15.5. The van der Waals surface area contributed by atoms with E-state index in [9.17, 15) is 18.0 Å². The first-order valence-electron chi connectivity index (χ1n) is 5.85. The fourth-order valence-electron chi connectivity index (χ4n) is 1.64. The van der Waals surface area contributed by atoms with Gasteiger partial charge in [-0.3, -0.25) is 0 Å². The van der Waals surface area contributed by atoms with Crippen molar-refractivity contribution < 1.29 is 22.7 Å². The van der Waals surface area contributed by atoms with Crippen molar-refractivity contribution in [3.05, 3.63) is 30.0 Å². The molecule has 112 valence electrons. The van der Waals surface area contributed by atoms with E-state index in [4.69, 9.17) is 4.74 Å². The van der Waals surface area contributed by atoms with Crippen LogP contribution in [0.2, 0.25) is 0 Å². The zero-order valence-electron chi connectivity index (χ0n) is 10.8. The van der Waals surface area contributed by atoms with Crippen molar-refractivity contribution in [3.8, 4) is 11.3 Å². The number of nitrogens with one attached hydrogen (secondary N) is 1. The van der Waals surface area contributed by atoms with E-state index in [2.05, 4.69) is 15.4 Å². The smallest absolute Gasteiger partial charge is 0.446 e. The summed E-state index contributed by atoms with van der Waals surface area (Å²) in [6, 6.07) is 5.77. The molecule has 0 aliphatic carbocycles. The summed E-state index contributed by atoms with van der Waals surface area (Å²) >= 11 is -0.274. The molecule has 1 N–H and O–H groups in total. The molecule has 5 nitrogen and oxygen atoms in total. The standard InChI is InChI=1S/C12H10F3N3O2S/c1-2-20-11(19)10-9(16-18-17-10)7-5-3-4-6-8(7)21-12(13,14)15/h3-6H,2H2,1H3,(H,16,17,18). The summed E-state index contributed by atoms with van der Waals surface area (Å²) < 4.78 is 42.5. The summed E-state index contributed by atoms with van der Waals surface area (Å²) in [6.45, 7) is 1.75. The largest absolute Gasteiger partial charge is 0.461 e. The Kier molecular flexibility index (Phi) is 4.51. The zero-order valence-corrected chi connectivity index (χ0v) is 11.6. The van der Waals surface area contributed by atoms with Crippen molar-refractivity contribution in [2.45, 2.75) is 17.3 Å². The SMILES string of the molecule is CCOC(=O)c1n[nH]nc1-c1ccccc1SC(F)(F)F. The first-order chi connectivity index (χ1) is 9.92. The molecular formula is C12H10F3N3O2S. The maximum atomic E-state index is 12.6. The van der Waals surface area contributed by atoms with Gasteiger partial charge in [-0.15, -0.1) is 5.10 Å². The second-order valence-electron chi connectivity index (χ2n) is 3.79. The van der Waals surface area contributed by atoms with E-state index in [-0.39, 0.29) is 40.2 Å². The quantitative estimate of drug-likeness (QED) is 0.692. The Morgan fingerprint density at radius 3 is 2.71 bits per heavy atom. The second kappa shape index (κ2) is 6.17. The highest BCUT2D eigenvalue weighted by Crippen LogP contribution is 2.41. The van der Waals surface area contributed by atoms with Gasteiger partial charge in [0.2, 0.25) is 0 Å². The van der Waals surface area contributed by atoms with E-state index in [0.717, 1.165) is 0 Å². The molecule has 0 saturated heterocycles. The fourth-order valence-corrected chi connectivity index (χ4v) is 2.31. The van der Waals surface area contributed by atoms with Crippen LogP contribution < -0.4 is 0 Å². The van der Waals surface area contributed by atoms with Crippen LogP contribution in [0.4, 0.5) is 13.2 Å². The molecule has 21 heavy (non-hydrogen) atoms. The minimum absolute atomic E-state index is 0.0285. The van der Waals surface area contributed by atoms with Gasteiger partial charge in [0.15, 0.2) is 5.69 Å². The van der Waals surface area contributed by atoms with Gasteiger partial charge in [0.1, 0.15) is 5.69 Å². The average Bonchev–Trinajstić information content (AvgIpc) is 2.87. The van der Waals surface area contributed by atoms with Gasteiger partial charge in [-0.25, -0.2) is 4.79 Å². The summed E-state index contributed by atoms with van der Waals surface area (Å²) in [7, 11) is 0. The molecule has 0 aliphatic heterocycles. The predicted octanol–water partition coefficient (Wildman–Crippen LogP) is 3.26. The van der Waals surface area contributed by atoms with Crippen molar-refractivity contribution in [2.24, 2.45) is 0 Å². The van der Waals surface area contributed by atoms with Gasteiger partial charge in [-0.1, -0.05) is 18.2 Å².